The van der Waals surface area contributed by atoms with Crippen molar-refractivity contribution < 1.29 is 14.3 Å². The molecular formula is C16H23NO3. The van der Waals surface area contributed by atoms with Crippen LogP contribution >= 0.6 is 0 Å². The molecule has 0 saturated carbocycles. The summed E-state index contributed by atoms with van der Waals surface area (Å²) in [5.74, 6) is 0.124. The van der Waals surface area contributed by atoms with E-state index in [-0.39, 0.29) is 5.78 Å². The maximum absolute atomic E-state index is 12.6. The average molecular weight is 277 g/mol. The van der Waals surface area contributed by atoms with Crippen LogP contribution in [0.25, 0.3) is 0 Å². The highest BCUT2D eigenvalue weighted by molar-refractivity contribution is 5.89. The second-order valence-electron chi connectivity index (χ2n) is 5.15. The molecule has 0 radical (unpaired) electrons. The highest BCUT2D eigenvalue weighted by Crippen LogP contribution is 2.27. The van der Waals surface area contributed by atoms with Gasteiger partial charge in [0.05, 0.1) is 6.42 Å². The molecule has 1 saturated heterocycles. The first-order valence-electron chi connectivity index (χ1n) is 7.39. The van der Waals surface area contributed by atoms with E-state index in [0.29, 0.717) is 39.1 Å². The van der Waals surface area contributed by atoms with Gasteiger partial charge in [-0.15, -0.1) is 0 Å². The lowest BCUT2D eigenvalue weighted by Gasteiger charge is -2.35. The summed E-state index contributed by atoms with van der Waals surface area (Å²) < 4.78 is 11.1. The Labute approximate surface area is 120 Å². The van der Waals surface area contributed by atoms with Crippen LogP contribution in [0.5, 0.6) is 0 Å². The summed E-state index contributed by atoms with van der Waals surface area (Å²) in [6.07, 6.45) is 4.44. The van der Waals surface area contributed by atoms with E-state index in [1.54, 1.807) is 0 Å². The molecule has 1 aromatic heterocycles. The summed E-state index contributed by atoms with van der Waals surface area (Å²) in [4.78, 5) is 17.0. The van der Waals surface area contributed by atoms with Crippen molar-refractivity contribution in [2.45, 2.75) is 45.1 Å². The van der Waals surface area contributed by atoms with Gasteiger partial charge in [-0.05, 0) is 25.0 Å². The molecule has 0 amide bonds. The zero-order valence-electron chi connectivity index (χ0n) is 12.4. The first-order valence-corrected chi connectivity index (χ1v) is 7.39. The van der Waals surface area contributed by atoms with Crippen LogP contribution in [-0.2, 0) is 27.1 Å². The van der Waals surface area contributed by atoms with Gasteiger partial charge in [0.2, 0.25) is 0 Å². The van der Waals surface area contributed by atoms with Crippen molar-refractivity contribution in [2.24, 2.45) is 0 Å². The molecule has 1 fully saturated rings. The van der Waals surface area contributed by atoms with Crippen molar-refractivity contribution in [1.82, 2.24) is 4.98 Å². The van der Waals surface area contributed by atoms with Gasteiger partial charge < -0.3 is 9.47 Å². The first-order chi connectivity index (χ1) is 9.70. The number of Topliss-reactive ketones (excluding diaryl/α,β-unsaturated/α-hetero) is 1. The summed E-state index contributed by atoms with van der Waals surface area (Å²) in [6, 6.07) is 3.97. The van der Waals surface area contributed by atoms with Gasteiger partial charge in [0.15, 0.2) is 5.78 Å². The molecule has 2 rings (SSSR count). The van der Waals surface area contributed by atoms with Gasteiger partial charge in [-0.2, -0.15) is 0 Å². The van der Waals surface area contributed by atoms with Crippen LogP contribution in [0, 0.1) is 0 Å². The number of nitrogens with zero attached hydrogens (tertiary/aromatic N) is 1. The van der Waals surface area contributed by atoms with Gasteiger partial charge in [-0.3, -0.25) is 9.78 Å². The minimum atomic E-state index is -0.669. The number of carbonyl (C=O) groups is 1. The number of ketones is 1. The molecule has 1 aliphatic heterocycles. The number of aromatic nitrogens is 1. The Morgan fingerprint density at radius 1 is 1.35 bits per heavy atom. The fourth-order valence-corrected chi connectivity index (χ4v) is 2.58. The highest BCUT2D eigenvalue weighted by atomic mass is 16.5. The summed E-state index contributed by atoms with van der Waals surface area (Å²) in [5.41, 5.74) is 1.34. The SMILES string of the molecule is CCOC1(C(=O)Cc2ccc(CC)cn2)CCOCC1. The summed E-state index contributed by atoms with van der Waals surface area (Å²) in [6.45, 7) is 5.75. The van der Waals surface area contributed by atoms with Crippen molar-refractivity contribution in [1.29, 1.82) is 0 Å². The molecule has 0 aromatic carbocycles. The topological polar surface area (TPSA) is 48.4 Å². The quantitative estimate of drug-likeness (QED) is 0.801. The first kappa shape index (κ1) is 15.1. The van der Waals surface area contributed by atoms with E-state index in [0.717, 1.165) is 12.1 Å². The Morgan fingerprint density at radius 2 is 2.10 bits per heavy atom. The lowest BCUT2D eigenvalue weighted by molar-refractivity contribution is -0.156. The Bertz CT molecular complexity index is 430. The molecule has 0 N–H and O–H groups in total. The second-order valence-corrected chi connectivity index (χ2v) is 5.15. The molecule has 1 aromatic rings. The number of pyridine rings is 1. The summed E-state index contributed by atoms with van der Waals surface area (Å²) in [7, 11) is 0. The summed E-state index contributed by atoms with van der Waals surface area (Å²) in [5, 5.41) is 0. The van der Waals surface area contributed by atoms with Crippen molar-refractivity contribution in [3.63, 3.8) is 0 Å². The molecule has 0 aliphatic carbocycles. The van der Waals surface area contributed by atoms with Gasteiger partial charge in [-0.25, -0.2) is 0 Å². The van der Waals surface area contributed by atoms with Crippen LogP contribution in [0.1, 0.15) is 37.9 Å². The van der Waals surface area contributed by atoms with Crippen molar-refractivity contribution in [3.8, 4) is 0 Å². The third-order valence-electron chi connectivity index (χ3n) is 3.87. The van der Waals surface area contributed by atoms with Gasteiger partial charge in [0, 0.05) is 44.6 Å². The second kappa shape index (κ2) is 6.95. The van der Waals surface area contributed by atoms with E-state index < -0.39 is 5.60 Å². The lowest BCUT2D eigenvalue weighted by Crippen LogP contribution is -2.47. The number of hydrogen-bond donors (Lipinski definition) is 0. The van der Waals surface area contributed by atoms with E-state index in [1.165, 1.54) is 5.56 Å². The van der Waals surface area contributed by atoms with Crippen LogP contribution in [0.2, 0.25) is 0 Å². The summed E-state index contributed by atoms with van der Waals surface area (Å²) >= 11 is 0. The largest absolute Gasteiger partial charge is 0.381 e. The van der Waals surface area contributed by atoms with E-state index in [9.17, 15) is 4.79 Å². The third-order valence-corrected chi connectivity index (χ3v) is 3.87. The van der Waals surface area contributed by atoms with Crippen LogP contribution in [0.4, 0.5) is 0 Å². The van der Waals surface area contributed by atoms with Gasteiger partial charge >= 0.3 is 0 Å². The molecule has 4 nitrogen and oxygen atoms in total. The minimum Gasteiger partial charge on any atom is -0.381 e. The number of hydrogen-bond acceptors (Lipinski definition) is 4. The fourth-order valence-electron chi connectivity index (χ4n) is 2.58. The molecular weight excluding hydrogens is 254 g/mol. The van der Waals surface area contributed by atoms with Crippen LogP contribution in [0.3, 0.4) is 0 Å². The van der Waals surface area contributed by atoms with Crippen LogP contribution in [-0.4, -0.2) is 36.2 Å². The lowest BCUT2D eigenvalue weighted by atomic mass is 9.87. The van der Waals surface area contributed by atoms with Crippen LogP contribution in [0.15, 0.2) is 18.3 Å². The zero-order chi connectivity index (χ0) is 14.4. The Balaban J connectivity index is 2.07. The van der Waals surface area contributed by atoms with Crippen LogP contribution < -0.4 is 0 Å². The number of carbonyl (C=O) groups excluding carboxylic acids is 1. The maximum Gasteiger partial charge on any atom is 0.170 e. The minimum absolute atomic E-state index is 0.124. The Hall–Kier alpha value is -1.26. The van der Waals surface area contributed by atoms with Gasteiger partial charge in [0.25, 0.3) is 0 Å². The Morgan fingerprint density at radius 3 is 2.65 bits per heavy atom. The van der Waals surface area contributed by atoms with Gasteiger partial charge in [0.1, 0.15) is 5.60 Å². The van der Waals surface area contributed by atoms with Crippen molar-refractivity contribution >= 4 is 5.78 Å². The average Bonchev–Trinajstić information content (AvgIpc) is 2.49. The monoisotopic (exact) mass is 277 g/mol. The number of ether oxygens (including phenoxy) is 2. The third kappa shape index (κ3) is 3.44. The molecule has 2 heterocycles. The molecule has 4 heteroatoms. The molecule has 0 bridgehead atoms. The maximum atomic E-state index is 12.6. The smallest absolute Gasteiger partial charge is 0.170 e. The van der Waals surface area contributed by atoms with E-state index in [4.69, 9.17) is 9.47 Å². The molecule has 110 valence electrons. The Kier molecular flexibility index (Phi) is 5.26. The van der Waals surface area contributed by atoms with E-state index in [1.807, 2.05) is 25.3 Å². The number of aryl methyl sites for hydroxylation is 1. The fraction of sp³-hybridized carbons (Fsp3) is 0.625. The van der Waals surface area contributed by atoms with Crippen molar-refractivity contribution in [3.05, 3.63) is 29.6 Å². The molecule has 0 unspecified atom stereocenters. The predicted octanol–water partition coefficient (Wildman–Crippen LogP) is 2.34. The zero-order valence-corrected chi connectivity index (χ0v) is 12.4. The normalized spacial score (nSPS) is 17.9. The van der Waals surface area contributed by atoms with E-state index in [2.05, 4.69) is 11.9 Å². The highest BCUT2D eigenvalue weighted by Gasteiger charge is 2.40. The van der Waals surface area contributed by atoms with E-state index >= 15 is 0 Å². The van der Waals surface area contributed by atoms with Crippen molar-refractivity contribution in [2.75, 3.05) is 19.8 Å². The van der Waals surface area contributed by atoms with Gasteiger partial charge in [-0.1, -0.05) is 13.0 Å². The predicted molar refractivity (Wildman–Crippen MR) is 76.7 cm³/mol. The molecule has 1 aliphatic rings. The molecule has 20 heavy (non-hydrogen) atoms. The molecule has 0 spiro atoms. The molecule has 0 atom stereocenters. The number of rotatable bonds is 6. The standard InChI is InChI=1S/C16H23NO3/c1-3-13-5-6-14(17-12-13)11-15(18)16(20-4-2)7-9-19-10-8-16/h5-6,12H,3-4,7-11H2,1-2H3.